The minimum absolute atomic E-state index is 0.540. The fourth-order valence-corrected chi connectivity index (χ4v) is 2.86. The van der Waals surface area contributed by atoms with Crippen LogP contribution in [0, 0.1) is 0 Å². The van der Waals surface area contributed by atoms with Gasteiger partial charge < -0.3 is 5.32 Å². The molecule has 0 saturated carbocycles. The number of hydrogen-bond donors (Lipinski definition) is 1. The number of nitrogens with zero attached hydrogens (tertiary/aromatic N) is 3. The van der Waals surface area contributed by atoms with E-state index in [0.717, 1.165) is 39.4 Å². The van der Waals surface area contributed by atoms with Gasteiger partial charge in [0, 0.05) is 34.9 Å². The predicted octanol–water partition coefficient (Wildman–Crippen LogP) is 3.29. The van der Waals surface area contributed by atoms with E-state index in [0.29, 0.717) is 6.04 Å². The molecule has 0 radical (unpaired) electrons. The molecule has 0 amide bonds. The third kappa shape index (κ3) is 4.63. The van der Waals surface area contributed by atoms with Gasteiger partial charge in [-0.1, -0.05) is 25.2 Å². The Kier molecular flexibility index (Phi) is 5.42. The minimum Gasteiger partial charge on any atom is -0.315 e. The largest absolute Gasteiger partial charge is 0.315 e. The highest BCUT2D eigenvalue weighted by atomic mass is 79.9. The lowest BCUT2D eigenvalue weighted by atomic mass is 10.3. The molecule has 2 aromatic rings. The van der Waals surface area contributed by atoms with E-state index in [9.17, 15) is 0 Å². The summed E-state index contributed by atoms with van der Waals surface area (Å²) < 4.78 is 0.961. The van der Waals surface area contributed by atoms with Crippen LogP contribution in [-0.2, 0) is 6.42 Å². The van der Waals surface area contributed by atoms with Crippen molar-refractivity contribution in [1.82, 2.24) is 20.5 Å². The third-order valence-electron chi connectivity index (χ3n) is 2.54. The van der Waals surface area contributed by atoms with E-state index in [2.05, 4.69) is 50.3 Å². The standard InChI is InChI=1S/C13H17BrN4S/c1-9(2)16-5-3-4-12-17-18-13(19-12)10-6-11(14)8-15-7-10/h6-9,16H,3-5H2,1-2H3. The van der Waals surface area contributed by atoms with Gasteiger partial charge in [0.15, 0.2) is 0 Å². The summed E-state index contributed by atoms with van der Waals surface area (Å²) in [5.74, 6) is 0. The lowest BCUT2D eigenvalue weighted by Crippen LogP contribution is -2.23. The Balaban J connectivity index is 1.92. The molecular weight excluding hydrogens is 324 g/mol. The van der Waals surface area contributed by atoms with E-state index < -0.39 is 0 Å². The minimum atomic E-state index is 0.540. The molecule has 0 aliphatic rings. The molecule has 0 aliphatic heterocycles. The topological polar surface area (TPSA) is 50.7 Å². The van der Waals surface area contributed by atoms with Gasteiger partial charge in [0.2, 0.25) is 0 Å². The van der Waals surface area contributed by atoms with Crippen LogP contribution in [0.4, 0.5) is 0 Å². The van der Waals surface area contributed by atoms with Gasteiger partial charge >= 0.3 is 0 Å². The van der Waals surface area contributed by atoms with E-state index in [4.69, 9.17) is 0 Å². The molecule has 0 unspecified atom stereocenters. The molecule has 0 atom stereocenters. The lowest BCUT2D eigenvalue weighted by molar-refractivity contribution is 0.569. The summed E-state index contributed by atoms with van der Waals surface area (Å²) >= 11 is 5.06. The molecule has 0 spiro atoms. The quantitative estimate of drug-likeness (QED) is 0.819. The van der Waals surface area contributed by atoms with Crippen LogP contribution in [-0.4, -0.2) is 27.8 Å². The van der Waals surface area contributed by atoms with Crippen molar-refractivity contribution >= 4 is 27.3 Å². The summed E-state index contributed by atoms with van der Waals surface area (Å²) in [4.78, 5) is 4.15. The third-order valence-corrected chi connectivity index (χ3v) is 4.00. The van der Waals surface area contributed by atoms with E-state index >= 15 is 0 Å². The maximum atomic E-state index is 4.24. The zero-order valence-corrected chi connectivity index (χ0v) is 13.5. The second kappa shape index (κ2) is 7.07. The van der Waals surface area contributed by atoms with Crippen LogP contribution in [0.3, 0.4) is 0 Å². The predicted molar refractivity (Wildman–Crippen MR) is 82.3 cm³/mol. The SMILES string of the molecule is CC(C)NCCCc1nnc(-c2cncc(Br)c2)s1. The molecule has 0 aliphatic carbocycles. The van der Waals surface area contributed by atoms with Gasteiger partial charge in [0.1, 0.15) is 10.0 Å². The van der Waals surface area contributed by atoms with Gasteiger partial charge in [-0.2, -0.15) is 0 Å². The van der Waals surface area contributed by atoms with Crippen molar-refractivity contribution in [1.29, 1.82) is 0 Å². The van der Waals surface area contributed by atoms with Crippen molar-refractivity contribution in [2.75, 3.05) is 6.54 Å². The zero-order chi connectivity index (χ0) is 13.7. The second-order valence-electron chi connectivity index (χ2n) is 4.61. The smallest absolute Gasteiger partial charge is 0.149 e. The molecule has 0 saturated heterocycles. The van der Waals surface area contributed by atoms with Gasteiger partial charge in [-0.3, -0.25) is 4.98 Å². The van der Waals surface area contributed by atoms with E-state index in [1.807, 2.05) is 12.3 Å². The lowest BCUT2D eigenvalue weighted by Gasteiger charge is -2.05. The molecule has 2 rings (SSSR count). The summed E-state index contributed by atoms with van der Waals surface area (Å²) in [7, 11) is 0. The molecule has 19 heavy (non-hydrogen) atoms. The highest BCUT2D eigenvalue weighted by Gasteiger charge is 2.07. The first-order valence-electron chi connectivity index (χ1n) is 6.32. The zero-order valence-electron chi connectivity index (χ0n) is 11.1. The van der Waals surface area contributed by atoms with Gasteiger partial charge in [0.25, 0.3) is 0 Å². The van der Waals surface area contributed by atoms with Crippen molar-refractivity contribution in [3.8, 4) is 10.6 Å². The van der Waals surface area contributed by atoms with Crippen molar-refractivity contribution in [2.24, 2.45) is 0 Å². The van der Waals surface area contributed by atoms with Crippen LogP contribution >= 0.6 is 27.3 Å². The average Bonchev–Trinajstić information content (AvgIpc) is 2.83. The van der Waals surface area contributed by atoms with Crippen LogP contribution in [0.25, 0.3) is 10.6 Å². The Hall–Kier alpha value is -0.850. The van der Waals surface area contributed by atoms with Crippen LogP contribution in [0.15, 0.2) is 22.9 Å². The fraction of sp³-hybridized carbons (Fsp3) is 0.462. The van der Waals surface area contributed by atoms with Crippen LogP contribution < -0.4 is 5.32 Å². The van der Waals surface area contributed by atoms with Gasteiger partial charge in [-0.15, -0.1) is 10.2 Å². The molecule has 2 heterocycles. The molecule has 102 valence electrons. The Labute approximate surface area is 125 Å². The molecule has 0 fully saturated rings. The summed E-state index contributed by atoms with van der Waals surface area (Å²) in [6, 6.07) is 2.55. The number of pyridine rings is 1. The molecule has 1 N–H and O–H groups in total. The van der Waals surface area contributed by atoms with Crippen molar-refractivity contribution < 1.29 is 0 Å². The van der Waals surface area contributed by atoms with Gasteiger partial charge in [-0.25, -0.2) is 0 Å². The average molecular weight is 341 g/mol. The molecule has 0 bridgehead atoms. The molecule has 2 aromatic heterocycles. The second-order valence-corrected chi connectivity index (χ2v) is 6.58. The molecule has 4 nitrogen and oxygen atoms in total. The number of rotatable bonds is 6. The monoisotopic (exact) mass is 340 g/mol. The van der Waals surface area contributed by atoms with Crippen molar-refractivity contribution in [2.45, 2.75) is 32.7 Å². The van der Waals surface area contributed by atoms with E-state index in [-0.39, 0.29) is 0 Å². The maximum Gasteiger partial charge on any atom is 0.149 e. The first kappa shape index (κ1) is 14.6. The Morgan fingerprint density at radius 3 is 2.89 bits per heavy atom. The summed E-state index contributed by atoms with van der Waals surface area (Å²) in [5, 5.41) is 13.9. The van der Waals surface area contributed by atoms with E-state index in [1.54, 1.807) is 17.5 Å². The first-order chi connectivity index (χ1) is 9.15. The number of aromatic nitrogens is 3. The highest BCUT2D eigenvalue weighted by Crippen LogP contribution is 2.25. The van der Waals surface area contributed by atoms with E-state index in [1.165, 1.54) is 0 Å². The number of halogens is 1. The number of aryl methyl sites for hydroxylation is 1. The Bertz CT molecular complexity index is 527. The van der Waals surface area contributed by atoms with Crippen LogP contribution in [0.1, 0.15) is 25.3 Å². The Morgan fingerprint density at radius 1 is 1.32 bits per heavy atom. The van der Waals surface area contributed by atoms with Gasteiger partial charge in [-0.05, 0) is 35.0 Å². The number of hydrogen-bond acceptors (Lipinski definition) is 5. The highest BCUT2D eigenvalue weighted by molar-refractivity contribution is 9.10. The normalized spacial score (nSPS) is 11.2. The van der Waals surface area contributed by atoms with Crippen LogP contribution in [0.2, 0.25) is 0 Å². The summed E-state index contributed by atoms with van der Waals surface area (Å²) in [6.07, 6.45) is 5.64. The Morgan fingerprint density at radius 2 is 2.16 bits per heavy atom. The summed E-state index contributed by atoms with van der Waals surface area (Å²) in [6.45, 7) is 5.33. The van der Waals surface area contributed by atoms with Crippen LogP contribution in [0.5, 0.6) is 0 Å². The molecule has 6 heteroatoms. The fourth-order valence-electron chi connectivity index (χ4n) is 1.63. The van der Waals surface area contributed by atoms with Crippen molar-refractivity contribution in [3.05, 3.63) is 27.9 Å². The summed E-state index contributed by atoms with van der Waals surface area (Å²) in [5.41, 5.74) is 1.01. The molecule has 0 aromatic carbocycles. The first-order valence-corrected chi connectivity index (χ1v) is 7.93. The number of nitrogens with one attached hydrogen (secondary N) is 1. The van der Waals surface area contributed by atoms with Gasteiger partial charge in [0.05, 0.1) is 0 Å². The van der Waals surface area contributed by atoms with Crippen molar-refractivity contribution in [3.63, 3.8) is 0 Å². The molecular formula is C13H17BrN4S. The maximum absolute atomic E-state index is 4.24.